The summed E-state index contributed by atoms with van der Waals surface area (Å²) in [6.07, 6.45) is 0.0233. The topological polar surface area (TPSA) is 88.2 Å². The maximum absolute atomic E-state index is 12.2. The Morgan fingerprint density at radius 2 is 1.89 bits per heavy atom. The standard InChI is InChI=1S/C19H18ClN3O3S2/c20-15-7-4-8-17(11-15)28(25,26)22-10-9-18(24)21-12-16-13-27-19(23-16)14-5-2-1-3-6-14/h1-8,11,13,22H,9-10,12H2,(H,21,24). The van der Waals surface area contributed by atoms with Crippen LogP contribution in [-0.2, 0) is 21.4 Å². The summed E-state index contributed by atoms with van der Waals surface area (Å²) in [6.45, 7) is 0.288. The Balaban J connectivity index is 1.46. The van der Waals surface area contributed by atoms with Crippen LogP contribution in [0.5, 0.6) is 0 Å². The lowest BCUT2D eigenvalue weighted by Crippen LogP contribution is -2.30. The van der Waals surface area contributed by atoms with Crippen LogP contribution in [0.15, 0.2) is 64.9 Å². The third-order valence-electron chi connectivity index (χ3n) is 3.79. The molecule has 1 aromatic heterocycles. The summed E-state index contributed by atoms with van der Waals surface area (Å²) < 4.78 is 26.7. The summed E-state index contributed by atoms with van der Waals surface area (Å²) in [5.41, 5.74) is 1.79. The van der Waals surface area contributed by atoms with E-state index >= 15 is 0 Å². The van der Waals surface area contributed by atoms with Crippen molar-refractivity contribution in [3.8, 4) is 10.6 Å². The lowest BCUT2D eigenvalue weighted by Gasteiger charge is -2.07. The highest BCUT2D eigenvalue weighted by atomic mass is 35.5. The van der Waals surface area contributed by atoms with Crippen LogP contribution in [0, 0.1) is 0 Å². The van der Waals surface area contributed by atoms with Crippen molar-refractivity contribution in [2.45, 2.75) is 17.9 Å². The second-order valence-electron chi connectivity index (χ2n) is 5.89. The number of aromatic nitrogens is 1. The molecule has 0 saturated heterocycles. The minimum Gasteiger partial charge on any atom is -0.350 e. The molecule has 0 unspecified atom stereocenters. The minimum atomic E-state index is -3.70. The third kappa shape index (κ3) is 5.62. The van der Waals surface area contributed by atoms with Crippen LogP contribution < -0.4 is 10.0 Å². The first-order chi connectivity index (χ1) is 13.4. The van der Waals surface area contributed by atoms with E-state index in [0.717, 1.165) is 16.3 Å². The first-order valence-corrected chi connectivity index (χ1v) is 11.2. The number of carbonyl (C=O) groups excluding carboxylic acids is 1. The molecule has 6 nitrogen and oxygen atoms in total. The van der Waals surface area contributed by atoms with Crippen molar-refractivity contribution in [3.05, 3.63) is 70.7 Å². The summed E-state index contributed by atoms with van der Waals surface area (Å²) in [7, 11) is -3.70. The van der Waals surface area contributed by atoms with Crippen LogP contribution in [-0.4, -0.2) is 25.9 Å². The Hall–Kier alpha value is -2.26. The van der Waals surface area contributed by atoms with Crippen LogP contribution in [0.2, 0.25) is 5.02 Å². The van der Waals surface area contributed by atoms with Crippen molar-refractivity contribution in [1.29, 1.82) is 0 Å². The molecule has 0 aliphatic heterocycles. The highest BCUT2D eigenvalue weighted by molar-refractivity contribution is 7.89. The fourth-order valence-corrected chi connectivity index (χ4v) is 4.55. The molecule has 1 amide bonds. The van der Waals surface area contributed by atoms with E-state index in [1.54, 1.807) is 12.1 Å². The number of sulfonamides is 1. The van der Waals surface area contributed by atoms with Crippen LogP contribution in [0.25, 0.3) is 10.6 Å². The van der Waals surface area contributed by atoms with Crippen molar-refractivity contribution >= 4 is 38.9 Å². The Bertz CT molecular complexity index is 1050. The van der Waals surface area contributed by atoms with Crippen LogP contribution in [0.4, 0.5) is 0 Å². The molecule has 0 atom stereocenters. The number of thiazole rings is 1. The zero-order valence-electron chi connectivity index (χ0n) is 14.8. The van der Waals surface area contributed by atoms with Gasteiger partial charge >= 0.3 is 0 Å². The number of halogens is 1. The van der Waals surface area contributed by atoms with Gasteiger partial charge in [0.15, 0.2) is 0 Å². The molecule has 0 saturated carbocycles. The van der Waals surface area contributed by atoms with Gasteiger partial charge in [-0.15, -0.1) is 11.3 Å². The molecule has 28 heavy (non-hydrogen) atoms. The summed E-state index contributed by atoms with van der Waals surface area (Å²) in [4.78, 5) is 16.5. The number of amides is 1. The van der Waals surface area contributed by atoms with E-state index in [0.29, 0.717) is 11.6 Å². The Morgan fingerprint density at radius 3 is 2.64 bits per heavy atom. The first-order valence-electron chi connectivity index (χ1n) is 8.46. The zero-order chi connectivity index (χ0) is 20.0. The number of nitrogens with one attached hydrogen (secondary N) is 2. The number of benzene rings is 2. The molecule has 0 spiro atoms. The predicted molar refractivity (Wildman–Crippen MR) is 111 cm³/mol. The van der Waals surface area contributed by atoms with Crippen molar-refractivity contribution in [2.75, 3.05) is 6.54 Å². The van der Waals surface area contributed by atoms with Gasteiger partial charge in [-0.2, -0.15) is 0 Å². The fourth-order valence-electron chi connectivity index (χ4n) is 2.40. The first kappa shape index (κ1) is 20.5. The van der Waals surface area contributed by atoms with Gasteiger partial charge in [-0.1, -0.05) is 48.0 Å². The second kappa shape index (κ2) is 9.29. The predicted octanol–water partition coefficient (Wildman–Crippen LogP) is 3.45. The number of hydrogen-bond acceptors (Lipinski definition) is 5. The van der Waals surface area contributed by atoms with E-state index in [1.807, 2.05) is 35.7 Å². The molecular formula is C19H18ClN3O3S2. The van der Waals surface area contributed by atoms with Gasteiger partial charge < -0.3 is 5.32 Å². The molecule has 9 heteroatoms. The van der Waals surface area contributed by atoms with Crippen molar-refractivity contribution in [1.82, 2.24) is 15.0 Å². The van der Waals surface area contributed by atoms with Crippen molar-refractivity contribution in [3.63, 3.8) is 0 Å². The number of carbonyl (C=O) groups is 1. The van der Waals surface area contributed by atoms with E-state index in [-0.39, 0.29) is 23.8 Å². The number of hydrogen-bond donors (Lipinski definition) is 2. The maximum atomic E-state index is 12.2. The molecule has 2 N–H and O–H groups in total. The van der Waals surface area contributed by atoms with Crippen LogP contribution in [0.1, 0.15) is 12.1 Å². The van der Waals surface area contributed by atoms with Crippen LogP contribution >= 0.6 is 22.9 Å². The summed E-state index contributed by atoms with van der Waals surface area (Å²) >= 11 is 7.32. The van der Waals surface area contributed by atoms with Gasteiger partial charge in [-0.25, -0.2) is 18.1 Å². The average Bonchev–Trinajstić information content (AvgIpc) is 3.16. The quantitative estimate of drug-likeness (QED) is 0.567. The van der Waals surface area contributed by atoms with Gasteiger partial charge in [-0.05, 0) is 18.2 Å². The third-order valence-corrected chi connectivity index (χ3v) is 6.42. The van der Waals surface area contributed by atoms with E-state index < -0.39 is 10.0 Å². The Labute approximate surface area is 172 Å². The molecule has 3 aromatic rings. The van der Waals surface area contributed by atoms with E-state index in [1.165, 1.54) is 23.5 Å². The van der Waals surface area contributed by atoms with Crippen LogP contribution in [0.3, 0.4) is 0 Å². The second-order valence-corrected chi connectivity index (χ2v) is 8.95. The molecule has 2 aromatic carbocycles. The number of nitrogens with zero attached hydrogens (tertiary/aromatic N) is 1. The van der Waals surface area contributed by atoms with Gasteiger partial charge in [0, 0.05) is 28.9 Å². The molecule has 0 fully saturated rings. The van der Waals surface area contributed by atoms with Gasteiger partial charge in [-0.3, -0.25) is 4.79 Å². The minimum absolute atomic E-state index is 0.00693. The zero-order valence-corrected chi connectivity index (χ0v) is 17.2. The lowest BCUT2D eigenvalue weighted by atomic mass is 10.2. The smallest absolute Gasteiger partial charge is 0.240 e. The highest BCUT2D eigenvalue weighted by Gasteiger charge is 2.14. The van der Waals surface area contributed by atoms with Gasteiger partial charge in [0.2, 0.25) is 15.9 Å². The molecule has 0 bridgehead atoms. The molecular weight excluding hydrogens is 418 g/mol. The molecule has 0 aliphatic carbocycles. The van der Waals surface area contributed by atoms with Gasteiger partial charge in [0.05, 0.1) is 17.1 Å². The SMILES string of the molecule is O=C(CCNS(=O)(=O)c1cccc(Cl)c1)NCc1csc(-c2ccccc2)n1. The van der Waals surface area contributed by atoms with Gasteiger partial charge in [0.1, 0.15) is 5.01 Å². The Morgan fingerprint density at radius 1 is 1.11 bits per heavy atom. The molecule has 0 aliphatic rings. The molecule has 3 rings (SSSR count). The summed E-state index contributed by atoms with van der Waals surface area (Å²) in [5.74, 6) is -0.261. The molecule has 146 valence electrons. The fraction of sp³-hybridized carbons (Fsp3) is 0.158. The number of rotatable bonds is 8. The average molecular weight is 436 g/mol. The van der Waals surface area contributed by atoms with Gasteiger partial charge in [0.25, 0.3) is 0 Å². The van der Waals surface area contributed by atoms with E-state index in [2.05, 4.69) is 15.0 Å². The monoisotopic (exact) mass is 435 g/mol. The largest absolute Gasteiger partial charge is 0.350 e. The maximum Gasteiger partial charge on any atom is 0.240 e. The summed E-state index contributed by atoms with van der Waals surface area (Å²) in [5, 5.41) is 5.86. The highest BCUT2D eigenvalue weighted by Crippen LogP contribution is 2.23. The Kier molecular flexibility index (Phi) is 6.79. The van der Waals surface area contributed by atoms with Crippen molar-refractivity contribution < 1.29 is 13.2 Å². The van der Waals surface area contributed by atoms with E-state index in [4.69, 9.17) is 11.6 Å². The van der Waals surface area contributed by atoms with Crippen molar-refractivity contribution in [2.24, 2.45) is 0 Å². The lowest BCUT2D eigenvalue weighted by molar-refractivity contribution is -0.121. The molecule has 0 radical (unpaired) electrons. The normalized spacial score (nSPS) is 11.3. The summed E-state index contributed by atoms with van der Waals surface area (Å²) in [6, 6.07) is 15.7. The molecule has 1 heterocycles. The van der Waals surface area contributed by atoms with E-state index in [9.17, 15) is 13.2 Å².